The molecule has 1 amide bonds. The maximum Gasteiger partial charge on any atom is 0.231 e. The van der Waals surface area contributed by atoms with Crippen molar-refractivity contribution in [1.29, 1.82) is 0 Å². The van der Waals surface area contributed by atoms with Gasteiger partial charge >= 0.3 is 0 Å². The van der Waals surface area contributed by atoms with Crippen molar-refractivity contribution in [3.8, 4) is 0 Å². The van der Waals surface area contributed by atoms with E-state index in [9.17, 15) is 4.79 Å². The van der Waals surface area contributed by atoms with Crippen molar-refractivity contribution in [3.05, 3.63) is 70.8 Å². The number of carbonyl (C=O) groups is 1. The molecule has 3 aliphatic carbocycles. The summed E-state index contributed by atoms with van der Waals surface area (Å²) in [6.07, 6.45) is 7.78. The normalized spacial score (nSPS) is 31.6. The van der Waals surface area contributed by atoms with Gasteiger partial charge < -0.3 is 4.90 Å². The van der Waals surface area contributed by atoms with Crippen molar-refractivity contribution in [1.82, 2.24) is 4.90 Å². The van der Waals surface area contributed by atoms with E-state index in [1.54, 1.807) is 0 Å². The highest BCUT2D eigenvalue weighted by molar-refractivity contribution is 5.91. The Labute approximate surface area is 161 Å². The molecule has 6 rings (SSSR count). The molecule has 0 N–H and O–H groups in total. The van der Waals surface area contributed by atoms with Crippen LogP contribution in [0.2, 0.25) is 0 Å². The third-order valence-corrected chi connectivity index (χ3v) is 7.91. The van der Waals surface area contributed by atoms with Crippen LogP contribution in [0, 0.1) is 5.92 Å². The molecule has 1 heterocycles. The van der Waals surface area contributed by atoms with E-state index in [0.29, 0.717) is 17.7 Å². The van der Waals surface area contributed by atoms with Crippen LogP contribution >= 0.6 is 0 Å². The number of nitrogens with zero attached hydrogens (tertiary/aromatic N) is 1. The molecule has 138 valence electrons. The van der Waals surface area contributed by atoms with E-state index >= 15 is 0 Å². The average Bonchev–Trinajstić information content (AvgIpc) is 3.16. The molecule has 2 aromatic rings. The van der Waals surface area contributed by atoms with E-state index < -0.39 is 0 Å². The molecule has 2 fully saturated rings. The second-order valence-electron chi connectivity index (χ2n) is 9.28. The van der Waals surface area contributed by atoms with E-state index in [1.165, 1.54) is 54.4 Å². The molecular weight excluding hydrogens is 330 g/mol. The smallest absolute Gasteiger partial charge is 0.231 e. The highest BCUT2D eigenvalue weighted by atomic mass is 16.2. The molecule has 0 aromatic heterocycles. The van der Waals surface area contributed by atoms with Gasteiger partial charge in [0.05, 0.1) is 5.92 Å². The number of likely N-dealkylation sites (tertiary alicyclic amines) is 1. The maximum atomic E-state index is 13.7. The first-order valence-electron chi connectivity index (χ1n) is 10.7. The summed E-state index contributed by atoms with van der Waals surface area (Å²) in [4.78, 5) is 15.9. The van der Waals surface area contributed by atoms with Gasteiger partial charge in [-0.05, 0) is 47.4 Å². The summed E-state index contributed by atoms with van der Waals surface area (Å²) in [5, 5.41) is 0. The monoisotopic (exact) mass is 357 g/mol. The lowest BCUT2D eigenvalue weighted by atomic mass is 9.65. The Morgan fingerprint density at radius 1 is 0.889 bits per heavy atom. The number of hydrogen-bond acceptors (Lipinski definition) is 1. The lowest BCUT2D eigenvalue weighted by Crippen LogP contribution is -2.35. The minimum absolute atomic E-state index is 0.00135. The van der Waals surface area contributed by atoms with Crippen LogP contribution in [0.25, 0.3) is 0 Å². The highest BCUT2D eigenvalue weighted by Crippen LogP contribution is 2.63. The van der Waals surface area contributed by atoms with Gasteiger partial charge in [-0.2, -0.15) is 0 Å². The van der Waals surface area contributed by atoms with Crippen LogP contribution in [0.1, 0.15) is 72.6 Å². The highest BCUT2D eigenvalue weighted by Gasteiger charge is 2.61. The zero-order valence-corrected chi connectivity index (χ0v) is 15.9. The Kier molecular flexibility index (Phi) is 3.36. The van der Waals surface area contributed by atoms with Crippen LogP contribution in [-0.4, -0.2) is 23.9 Å². The molecule has 27 heavy (non-hydrogen) atoms. The van der Waals surface area contributed by atoms with Gasteiger partial charge in [0.2, 0.25) is 5.91 Å². The third kappa shape index (κ3) is 2.10. The summed E-state index contributed by atoms with van der Waals surface area (Å²) in [5.74, 6) is 1.60. The lowest BCUT2D eigenvalue weighted by molar-refractivity contribution is -0.129. The van der Waals surface area contributed by atoms with Crippen molar-refractivity contribution in [3.63, 3.8) is 0 Å². The summed E-state index contributed by atoms with van der Waals surface area (Å²) in [6.45, 7) is 1.90. The molecule has 1 saturated heterocycles. The van der Waals surface area contributed by atoms with Crippen LogP contribution < -0.4 is 0 Å². The minimum atomic E-state index is 0.00135. The van der Waals surface area contributed by atoms with Crippen molar-refractivity contribution >= 4 is 5.91 Å². The first kappa shape index (κ1) is 15.9. The average molecular weight is 357 g/mol. The SMILES string of the molecule is O=C1C2c3ccccc3C3CC2(CN1CC1CCCCC1)c1ccccc13. The van der Waals surface area contributed by atoms with Gasteiger partial charge in [0.25, 0.3) is 0 Å². The number of benzene rings is 2. The number of rotatable bonds is 2. The van der Waals surface area contributed by atoms with Crippen LogP contribution in [0.15, 0.2) is 48.5 Å². The van der Waals surface area contributed by atoms with Gasteiger partial charge in [-0.15, -0.1) is 0 Å². The van der Waals surface area contributed by atoms with Crippen molar-refractivity contribution in [2.45, 2.75) is 55.8 Å². The van der Waals surface area contributed by atoms with Crippen molar-refractivity contribution in [2.75, 3.05) is 13.1 Å². The minimum Gasteiger partial charge on any atom is -0.341 e. The molecule has 2 heteroatoms. The molecule has 1 spiro atoms. The maximum absolute atomic E-state index is 13.7. The van der Waals surface area contributed by atoms with Crippen LogP contribution in [0.4, 0.5) is 0 Å². The Morgan fingerprint density at radius 3 is 2.41 bits per heavy atom. The van der Waals surface area contributed by atoms with Gasteiger partial charge in [0.15, 0.2) is 0 Å². The summed E-state index contributed by atoms with van der Waals surface area (Å²) in [5.41, 5.74) is 5.63. The van der Waals surface area contributed by atoms with E-state index in [4.69, 9.17) is 0 Å². The molecule has 3 unspecified atom stereocenters. The Balaban J connectivity index is 1.46. The molecule has 1 saturated carbocycles. The summed E-state index contributed by atoms with van der Waals surface area (Å²) >= 11 is 0. The molecule has 2 aromatic carbocycles. The molecule has 0 radical (unpaired) electrons. The van der Waals surface area contributed by atoms with Gasteiger partial charge in [0.1, 0.15) is 0 Å². The van der Waals surface area contributed by atoms with Gasteiger partial charge in [0, 0.05) is 24.4 Å². The van der Waals surface area contributed by atoms with E-state index in [1.807, 2.05) is 0 Å². The number of hydrogen-bond donors (Lipinski definition) is 0. The summed E-state index contributed by atoms with van der Waals surface area (Å²) in [7, 11) is 0. The second kappa shape index (κ2) is 5.70. The summed E-state index contributed by atoms with van der Waals surface area (Å²) in [6, 6.07) is 17.7. The number of carbonyl (C=O) groups excluding carboxylic acids is 1. The van der Waals surface area contributed by atoms with Crippen molar-refractivity contribution < 1.29 is 4.79 Å². The Morgan fingerprint density at radius 2 is 1.59 bits per heavy atom. The van der Waals surface area contributed by atoms with Gasteiger partial charge in [-0.3, -0.25) is 4.79 Å². The van der Waals surface area contributed by atoms with Crippen LogP contribution in [0.5, 0.6) is 0 Å². The molecule has 3 atom stereocenters. The first-order valence-corrected chi connectivity index (χ1v) is 10.7. The quantitative estimate of drug-likeness (QED) is 0.742. The fourth-order valence-corrected chi connectivity index (χ4v) is 6.83. The van der Waals surface area contributed by atoms with E-state index in [-0.39, 0.29) is 11.3 Å². The second-order valence-corrected chi connectivity index (χ2v) is 9.28. The Hall–Kier alpha value is -2.09. The fourth-order valence-electron chi connectivity index (χ4n) is 6.83. The predicted octanol–water partition coefficient (Wildman–Crippen LogP) is 4.98. The number of amides is 1. The van der Waals surface area contributed by atoms with Crippen LogP contribution in [0.3, 0.4) is 0 Å². The molecule has 2 nitrogen and oxygen atoms in total. The fraction of sp³-hybridized carbons (Fsp3) is 0.480. The molecule has 2 bridgehead atoms. The topological polar surface area (TPSA) is 20.3 Å². The molecular formula is C25H27NO. The predicted molar refractivity (Wildman–Crippen MR) is 107 cm³/mol. The van der Waals surface area contributed by atoms with Gasteiger partial charge in [-0.25, -0.2) is 0 Å². The van der Waals surface area contributed by atoms with Crippen molar-refractivity contribution in [2.24, 2.45) is 5.92 Å². The number of fused-ring (bicyclic) bond motifs is 3. The summed E-state index contributed by atoms with van der Waals surface area (Å²) < 4.78 is 0. The lowest BCUT2D eigenvalue weighted by Gasteiger charge is -2.36. The zero-order chi connectivity index (χ0) is 18.0. The van der Waals surface area contributed by atoms with E-state index in [2.05, 4.69) is 53.4 Å². The molecule has 1 aliphatic heterocycles. The Bertz CT molecular complexity index is 912. The largest absolute Gasteiger partial charge is 0.341 e. The van der Waals surface area contributed by atoms with E-state index in [0.717, 1.165) is 19.5 Å². The standard InChI is InChI=1S/C25H27NO/c27-24-23-20-12-5-4-10-18(20)21-14-25(23,22-13-7-6-11-19(21)22)16-26(24)15-17-8-2-1-3-9-17/h4-7,10-13,17,21,23H,1-3,8-9,14-16H2. The zero-order valence-electron chi connectivity index (χ0n) is 15.9. The first-order chi connectivity index (χ1) is 13.3. The third-order valence-electron chi connectivity index (χ3n) is 7.91. The molecule has 4 aliphatic rings. The van der Waals surface area contributed by atoms with Crippen LogP contribution in [-0.2, 0) is 10.2 Å². The van der Waals surface area contributed by atoms with Gasteiger partial charge in [-0.1, -0.05) is 67.8 Å².